The SMILES string of the molecule is O=C(Cc1ccc(NC(=O)N(Cc2ccncc2)C2CC2)cc1)N1CCSCC1. The van der Waals surface area contributed by atoms with Crippen molar-refractivity contribution in [3.63, 3.8) is 0 Å². The Kier molecular flexibility index (Phi) is 6.34. The second kappa shape index (κ2) is 9.31. The minimum atomic E-state index is -0.0843. The minimum Gasteiger partial charge on any atom is -0.341 e. The summed E-state index contributed by atoms with van der Waals surface area (Å²) in [7, 11) is 0. The van der Waals surface area contributed by atoms with Crippen LogP contribution >= 0.6 is 11.8 Å². The molecule has 2 aliphatic rings. The number of urea groups is 1. The second-order valence-electron chi connectivity index (χ2n) is 7.51. The van der Waals surface area contributed by atoms with Crippen molar-refractivity contribution >= 4 is 29.4 Å². The monoisotopic (exact) mass is 410 g/mol. The lowest BCUT2D eigenvalue weighted by Gasteiger charge is -2.26. The molecule has 1 N–H and O–H groups in total. The predicted octanol–water partition coefficient (Wildman–Crippen LogP) is 3.40. The maximum atomic E-state index is 12.8. The Morgan fingerprint density at radius 1 is 1.03 bits per heavy atom. The van der Waals surface area contributed by atoms with E-state index in [2.05, 4.69) is 10.3 Å². The van der Waals surface area contributed by atoms with Crippen LogP contribution in [0.5, 0.6) is 0 Å². The van der Waals surface area contributed by atoms with Gasteiger partial charge in [0, 0.05) is 55.3 Å². The van der Waals surface area contributed by atoms with E-state index < -0.39 is 0 Å². The number of hydrogen-bond donors (Lipinski definition) is 1. The molecule has 6 nitrogen and oxygen atoms in total. The van der Waals surface area contributed by atoms with Crippen molar-refractivity contribution in [3.8, 4) is 0 Å². The summed E-state index contributed by atoms with van der Waals surface area (Å²) in [5.41, 5.74) is 2.80. The highest BCUT2D eigenvalue weighted by molar-refractivity contribution is 7.99. The predicted molar refractivity (Wildman–Crippen MR) is 116 cm³/mol. The Bertz CT molecular complexity index is 834. The van der Waals surface area contributed by atoms with Gasteiger partial charge in [0.15, 0.2) is 0 Å². The van der Waals surface area contributed by atoms with Crippen molar-refractivity contribution in [1.29, 1.82) is 0 Å². The first-order valence-corrected chi connectivity index (χ1v) is 11.3. The van der Waals surface area contributed by atoms with Gasteiger partial charge < -0.3 is 15.1 Å². The van der Waals surface area contributed by atoms with E-state index in [9.17, 15) is 9.59 Å². The number of nitrogens with one attached hydrogen (secondary N) is 1. The standard InChI is InChI=1S/C22H26N4O2S/c27-21(25-11-13-29-14-12-25)15-17-1-3-19(4-2-17)24-22(28)26(20-5-6-20)16-18-7-9-23-10-8-18/h1-4,7-10,20H,5-6,11-16H2,(H,24,28). The highest BCUT2D eigenvalue weighted by Crippen LogP contribution is 2.29. The van der Waals surface area contributed by atoms with E-state index in [1.807, 2.05) is 58.0 Å². The zero-order valence-electron chi connectivity index (χ0n) is 16.4. The van der Waals surface area contributed by atoms with Crippen LogP contribution in [0.2, 0.25) is 0 Å². The van der Waals surface area contributed by atoms with Crippen molar-refractivity contribution in [2.24, 2.45) is 0 Å². The van der Waals surface area contributed by atoms with Gasteiger partial charge in [-0.05, 0) is 48.2 Å². The molecule has 0 atom stereocenters. The molecule has 2 aromatic rings. The number of amides is 3. The molecule has 7 heteroatoms. The highest BCUT2D eigenvalue weighted by Gasteiger charge is 2.32. The van der Waals surface area contributed by atoms with E-state index in [0.717, 1.165) is 54.3 Å². The van der Waals surface area contributed by atoms with E-state index in [1.165, 1.54) is 0 Å². The summed E-state index contributed by atoms with van der Waals surface area (Å²) >= 11 is 1.90. The van der Waals surface area contributed by atoms with Crippen molar-refractivity contribution < 1.29 is 9.59 Å². The zero-order chi connectivity index (χ0) is 20.1. The molecular formula is C22H26N4O2S. The summed E-state index contributed by atoms with van der Waals surface area (Å²) in [4.78, 5) is 33.1. The summed E-state index contributed by atoms with van der Waals surface area (Å²) in [6.45, 7) is 2.26. The van der Waals surface area contributed by atoms with Gasteiger partial charge in [-0.15, -0.1) is 0 Å². The number of hydrogen-bond acceptors (Lipinski definition) is 4. The number of pyridine rings is 1. The number of aromatic nitrogens is 1. The van der Waals surface area contributed by atoms with Crippen LogP contribution in [0.15, 0.2) is 48.8 Å². The van der Waals surface area contributed by atoms with Gasteiger partial charge >= 0.3 is 6.03 Å². The number of nitrogens with zero attached hydrogens (tertiary/aromatic N) is 3. The lowest BCUT2D eigenvalue weighted by molar-refractivity contribution is -0.130. The Labute approximate surface area is 175 Å². The second-order valence-corrected chi connectivity index (χ2v) is 8.74. The van der Waals surface area contributed by atoms with Crippen molar-refractivity contribution in [2.75, 3.05) is 29.9 Å². The molecule has 4 rings (SSSR count). The summed E-state index contributed by atoms with van der Waals surface area (Å²) < 4.78 is 0. The molecule has 1 saturated carbocycles. The number of benzene rings is 1. The Morgan fingerprint density at radius 2 is 1.72 bits per heavy atom. The molecule has 1 aliphatic heterocycles. The Balaban J connectivity index is 1.33. The van der Waals surface area contributed by atoms with Gasteiger partial charge in [-0.2, -0.15) is 11.8 Å². The first kappa shape index (κ1) is 19.8. The van der Waals surface area contributed by atoms with Crippen molar-refractivity contribution in [3.05, 3.63) is 59.9 Å². The Morgan fingerprint density at radius 3 is 2.38 bits per heavy atom. The molecule has 0 spiro atoms. The zero-order valence-corrected chi connectivity index (χ0v) is 17.2. The summed E-state index contributed by atoms with van der Waals surface area (Å²) in [5, 5.41) is 3.00. The van der Waals surface area contributed by atoms with Crippen LogP contribution < -0.4 is 5.32 Å². The molecule has 29 heavy (non-hydrogen) atoms. The molecule has 1 aromatic carbocycles. The van der Waals surface area contributed by atoms with E-state index in [4.69, 9.17) is 0 Å². The lowest BCUT2D eigenvalue weighted by Crippen LogP contribution is -2.38. The van der Waals surface area contributed by atoms with Gasteiger partial charge in [0.1, 0.15) is 0 Å². The lowest BCUT2D eigenvalue weighted by atomic mass is 10.1. The smallest absolute Gasteiger partial charge is 0.322 e. The number of anilines is 1. The van der Waals surface area contributed by atoms with Gasteiger partial charge in [-0.25, -0.2) is 4.79 Å². The van der Waals surface area contributed by atoms with E-state index in [0.29, 0.717) is 19.0 Å². The maximum Gasteiger partial charge on any atom is 0.322 e. The van der Waals surface area contributed by atoms with Crippen LogP contribution in [0.25, 0.3) is 0 Å². The molecule has 2 heterocycles. The van der Waals surface area contributed by atoms with Crippen LogP contribution in [0, 0.1) is 0 Å². The highest BCUT2D eigenvalue weighted by atomic mass is 32.2. The number of thioether (sulfide) groups is 1. The van der Waals surface area contributed by atoms with Crippen molar-refractivity contribution in [2.45, 2.75) is 31.8 Å². The summed E-state index contributed by atoms with van der Waals surface area (Å²) in [6.07, 6.45) is 6.01. The number of carbonyl (C=O) groups excluding carboxylic acids is 2. The molecule has 152 valence electrons. The first-order chi connectivity index (χ1) is 14.2. The molecule has 0 unspecified atom stereocenters. The first-order valence-electron chi connectivity index (χ1n) is 10.1. The largest absolute Gasteiger partial charge is 0.341 e. The average Bonchev–Trinajstić information content (AvgIpc) is 3.60. The third-order valence-corrected chi connectivity index (χ3v) is 6.22. The van der Waals surface area contributed by atoms with Gasteiger partial charge in [0.2, 0.25) is 5.91 Å². The van der Waals surface area contributed by atoms with E-state index in [1.54, 1.807) is 12.4 Å². The molecule has 3 amide bonds. The summed E-state index contributed by atoms with van der Waals surface area (Å²) in [6, 6.07) is 11.7. The van der Waals surface area contributed by atoms with Crippen LogP contribution in [0.4, 0.5) is 10.5 Å². The number of rotatable bonds is 6. The molecule has 0 radical (unpaired) electrons. The van der Waals surface area contributed by atoms with Gasteiger partial charge in [0.05, 0.1) is 6.42 Å². The van der Waals surface area contributed by atoms with Crippen LogP contribution in [-0.2, 0) is 17.8 Å². The minimum absolute atomic E-state index is 0.0843. The fraction of sp³-hybridized carbons (Fsp3) is 0.409. The topological polar surface area (TPSA) is 65.5 Å². The van der Waals surface area contributed by atoms with Crippen molar-refractivity contribution in [1.82, 2.24) is 14.8 Å². The molecular weight excluding hydrogens is 384 g/mol. The molecule has 1 saturated heterocycles. The van der Waals surface area contributed by atoms with Crippen LogP contribution in [-0.4, -0.2) is 57.4 Å². The molecule has 1 aliphatic carbocycles. The Hall–Kier alpha value is -2.54. The van der Waals surface area contributed by atoms with E-state index in [-0.39, 0.29) is 11.9 Å². The third-order valence-electron chi connectivity index (χ3n) is 5.28. The molecule has 0 bridgehead atoms. The number of carbonyl (C=O) groups is 2. The summed E-state index contributed by atoms with van der Waals surface area (Å²) in [5.74, 6) is 2.22. The molecule has 2 fully saturated rings. The van der Waals surface area contributed by atoms with E-state index >= 15 is 0 Å². The third kappa shape index (κ3) is 5.50. The normalized spacial score (nSPS) is 16.3. The molecule has 1 aromatic heterocycles. The fourth-order valence-electron chi connectivity index (χ4n) is 3.44. The van der Waals surface area contributed by atoms with Gasteiger partial charge in [-0.1, -0.05) is 12.1 Å². The van der Waals surface area contributed by atoms with Gasteiger partial charge in [-0.3, -0.25) is 9.78 Å². The maximum absolute atomic E-state index is 12.8. The van der Waals surface area contributed by atoms with Gasteiger partial charge in [0.25, 0.3) is 0 Å². The fourth-order valence-corrected chi connectivity index (χ4v) is 4.34. The average molecular weight is 411 g/mol. The van der Waals surface area contributed by atoms with Crippen LogP contribution in [0.1, 0.15) is 24.0 Å². The quantitative estimate of drug-likeness (QED) is 0.793. The van der Waals surface area contributed by atoms with Crippen LogP contribution in [0.3, 0.4) is 0 Å².